The van der Waals surface area contributed by atoms with Crippen molar-refractivity contribution in [3.05, 3.63) is 81.7 Å². The number of Topliss-reactive ketones (excluding diaryl/α,β-unsaturated/α-hetero) is 2. The first-order chi connectivity index (χ1) is 19.2. The zero-order valence-corrected chi connectivity index (χ0v) is 25.7. The van der Waals surface area contributed by atoms with Gasteiger partial charge in [-0.15, -0.1) is 0 Å². The molecule has 0 saturated carbocycles. The Morgan fingerprint density at radius 2 is 1.34 bits per heavy atom. The summed E-state index contributed by atoms with van der Waals surface area (Å²) in [5, 5.41) is 0.421. The van der Waals surface area contributed by atoms with Crippen LogP contribution in [-0.2, 0) is 24.4 Å². The van der Waals surface area contributed by atoms with E-state index in [1.807, 2.05) is 0 Å². The van der Waals surface area contributed by atoms with Gasteiger partial charge in [-0.05, 0) is 65.6 Å². The number of hydrogen-bond donors (Lipinski definition) is 0. The SMILES string of the molecule is COCCN1C2=C(C(=O)CC(C)(C)C2)C(c2ccc(OS(=O)(=O)c3ccc(Cl)cc3)cc2)C2=C1CC(C)(C)CC2=O. The maximum Gasteiger partial charge on any atom is 0.339 e. The number of methoxy groups -OCH3 is 1. The van der Waals surface area contributed by atoms with Crippen molar-refractivity contribution in [1.82, 2.24) is 4.90 Å². The lowest BCUT2D eigenvalue weighted by Crippen LogP contribution is -2.45. The molecule has 9 heteroatoms. The molecule has 7 nitrogen and oxygen atoms in total. The number of carbonyl (C=O) groups is 2. The number of ether oxygens (including phenoxy) is 1. The lowest BCUT2D eigenvalue weighted by atomic mass is 9.63. The molecule has 2 aromatic rings. The summed E-state index contributed by atoms with van der Waals surface area (Å²) >= 11 is 5.90. The van der Waals surface area contributed by atoms with Gasteiger partial charge < -0.3 is 13.8 Å². The number of allylic oxidation sites excluding steroid dienone is 4. The Kier molecular flexibility index (Phi) is 7.72. The summed E-state index contributed by atoms with van der Waals surface area (Å²) in [6, 6.07) is 12.4. The Morgan fingerprint density at radius 3 is 1.83 bits per heavy atom. The molecule has 0 atom stereocenters. The average molecular weight is 598 g/mol. The monoisotopic (exact) mass is 597 g/mol. The Hall–Kier alpha value is -2.94. The number of halogens is 1. The van der Waals surface area contributed by atoms with Crippen LogP contribution in [0.3, 0.4) is 0 Å². The summed E-state index contributed by atoms with van der Waals surface area (Å²) < 4.78 is 36.5. The molecule has 1 aliphatic heterocycles. The van der Waals surface area contributed by atoms with Gasteiger partial charge in [0, 0.05) is 60.0 Å². The summed E-state index contributed by atoms with van der Waals surface area (Å²) in [6.07, 6.45) is 2.20. The third-order valence-electron chi connectivity index (χ3n) is 8.06. The minimum Gasteiger partial charge on any atom is -0.383 e. The van der Waals surface area contributed by atoms with E-state index >= 15 is 0 Å². The van der Waals surface area contributed by atoms with Crippen LogP contribution < -0.4 is 4.18 Å². The molecule has 218 valence electrons. The number of carbonyl (C=O) groups excluding carboxylic acids is 2. The molecule has 0 bridgehead atoms. The van der Waals surface area contributed by atoms with Crippen molar-refractivity contribution in [2.24, 2.45) is 10.8 Å². The molecule has 3 aliphatic rings. The van der Waals surface area contributed by atoms with Gasteiger partial charge in [-0.3, -0.25) is 9.59 Å². The van der Waals surface area contributed by atoms with E-state index in [2.05, 4.69) is 32.6 Å². The van der Waals surface area contributed by atoms with Crippen LogP contribution in [0.25, 0.3) is 0 Å². The molecule has 1 heterocycles. The fourth-order valence-electron chi connectivity index (χ4n) is 6.33. The number of nitrogens with zero attached hydrogens (tertiary/aromatic N) is 1. The first kappa shape index (κ1) is 29.5. The molecule has 0 unspecified atom stereocenters. The number of benzene rings is 2. The predicted molar refractivity (Wildman–Crippen MR) is 157 cm³/mol. The molecule has 0 fully saturated rings. The predicted octanol–water partition coefficient (Wildman–Crippen LogP) is 6.44. The van der Waals surface area contributed by atoms with E-state index in [0.29, 0.717) is 55.0 Å². The normalized spacial score (nSPS) is 20.7. The highest BCUT2D eigenvalue weighted by molar-refractivity contribution is 7.87. The minimum absolute atomic E-state index is 0.00941. The van der Waals surface area contributed by atoms with Crippen molar-refractivity contribution in [1.29, 1.82) is 0 Å². The topological polar surface area (TPSA) is 90.0 Å². The van der Waals surface area contributed by atoms with E-state index in [9.17, 15) is 18.0 Å². The molecule has 5 rings (SSSR count). The number of hydrogen-bond acceptors (Lipinski definition) is 7. The highest BCUT2D eigenvalue weighted by Crippen LogP contribution is 2.54. The lowest BCUT2D eigenvalue weighted by molar-refractivity contribution is -0.119. The standard InChI is InChI=1S/C32H36ClNO6S/c1-31(2)16-24-29(26(35)18-31)28(30-25(34(24)14-15-39-5)17-32(3,4)19-27(30)36)20-6-10-22(11-7-20)40-41(37,38)23-12-8-21(33)9-13-23/h6-13,28H,14-19H2,1-5H3. The number of ketones is 2. The zero-order chi connectivity index (χ0) is 29.7. The van der Waals surface area contributed by atoms with Crippen LogP contribution in [0.4, 0.5) is 0 Å². The molecule has 0 spiro atoms. The highest BCUT2D eigenvalue weighted by Gasteiger charge is 2.48. The van der Waals surface area contributed by atoms with Crippen molar-refractivity contribution in [2.45, 2.75) is 64.2 Å². The summed E-state index contributed by atoms with van der Waals surface area (Å²) in [5.41, 5.74) is 3.57. The number of rotatable bonds is 7. The fraction of sp³-hybridized carbons (Fsp3) is 0.438. The highest BCUT2D eigenvalue weighted by atomic mass is 35.5. The van der Waals surface area contributed by atoms with E-state index in [1.165, 1.54) is 24.3 Å². The Labute approximate surface area is 247 Å². The summed E-state index contributed by atoms with van der Waals surface area (Å²) in [4.78, 5) is 29.8. The second kappa shape index (κ2) is 10.7. The van der Waals surface area contributed by atoms with Gasteiger partial charge in [-0.2, -0.15) is 8.42 Å². The van der Waals surface area contributed by atoms with E-state index in [1.54, 1.807) is 31.4 Å². The van der Waals surface area contributed by atoms with E-state index in [4.69, 9.17) is 20.5 Å². The Morgan fingerprint density at radius 1 is 0.829 bits per heavy atom. The third kappa shape index (κ3) is 5.87. The second-order valence-corrected chi connectivity index (χ2v) is 14.7. The first-order valence-electron chi connectivity index (χ1n) is 13.8. The molecule has 2 aliphatic carbocycles. The van der Waals surface area contributed by atoms with Crippen molar-refractivity contribution >= 4 is 33.3 Å². The van der Waals surface area contributed by atoms with Gasteiger partial charge in [0.15, 0.2) is 11.6 Å². The average Bonchev–Trinajstić information content (AvgIpc) is 2.86. The van der Waals surface area contributed by atoms with Crippen LogP contribution in [0.1, 0.15) is 64.9 Å². The van der Waals surface area contributed by atoms with Gasteiger partial charge in [0.1, 0.15) is 10.6 Å². The van der Waals surface area contributed by atoms with Gasteiger partial charge in [-0.25, -0.2) is 0 Å². The fourth-order valence-corrected chi connectivity index (χ4v) is 7.38. The largest absolute Gasteiger partial charge is 0.383 e. The minimum atomic E-state index is -4.07. The molecule has 0 saturated heterocycles. The van der Waals surface area contributed by atoms with Crippen LogP contribution in [0.5, 0.6) is 5.75 Å². The molecule has 0 N–H and O–H groups in total. The van der Waals surface area contributed by atoms with Crippen molar-refractivity contribution in [3.63, 3.8) is 0 Å². The molecular formula is C32H36ClNO6S. The quantitative estimate of drug-likeness (QED) is 0.339. The van der Waals surface area contributed by atoms with E-state index < -0.39 is 16.0 Å². The molecule has 0 aromatic heterocycles. The van der Waals surface area contributed by atoms with Gasteiger partial charge in [0.05, 0.1) is 6.61 Å². The summed E-state index contributed by atoms with van der Waals surface area (Å²) in [7, 11) is -2.42. The molecular weight excluding hydrogens is 562 g/mol. The Bertz CT molecular complexity index is 1500. The first-order valence-corrected chi connectivity index (χ1v) is 15.6. The van der Waals surface area contributed by atoms with Crippen LogP contribution in [0, 0.1) is 10.8 Å². The van der Waals surface area contributed by atoms with Crippen molar-refractivity contribution in [3.8, 4) is 5.75 Å². The van der Waals surface area contributed by atoms with Crippen molar-refractivity contribution in [2.75, 3.05) is 20.3 Å². The maximum absolute atomic E-state index is 13.8. The maximum atomic E-state index is 13.8. The van der Waals surface area contributed by atoms with E-state index in [0.717, 1.165) is 17.0 Å². The summed E-state index contributed by atoms with van der Waals surface area (Å²) in [5.74, 6) is -0.304. The summed E-state index contributed by atoms with van der Waals surface area (Å²) in [6.45, 7) is 9.44. The van der Waals surface area contributed by atoms with E-state index in [-0.39, 0.29) is 33.0 Å². The molecule has 0 amide bonds. The lowest BCUT2D eigenvalue weighted by Gasteiger charge is -2.49. The molecule has 2 aromatic carbocycles. The van der Waals surface area contributed by atoms with Gasteiger partial charge in [0.25, 0.3) is 0 Å². The van der Waals surface area contributed by atoms with Gasteiger partial charge in [-0.1, -0.05) is 51.4 Å². The van der Waals surface area contributed by atoms with Gasteiger partial charge >= 0.3 is 10.1 Å². The van der Waals surface area contributed by atoms with Gasteiger partial charge in [0.2, 0.25) is 0 Å². The van der Waals surface area contributed by atoms with Crippen LogP contribution in [0.15, 0.2) is 76.0 Å². The molecule has 0 radical (unpaired) electrons. The zero-order valence-electron chi connectivity index (χ0n) is 24.1. The van der Waals surface area contributed by atoms with Crippen LogP contribution in [0.2, 0.25) is 5.02 Å². The molecule has 41 heavy (non-hydrogen) atoms. The van der Waals surface area contributed by atoms with Crippen molar-refractivity contribution < 1.29 is 26.9 Å². The second-order valence-electron chi connectivity index (χ2n) is 12.7. The smallest absolute Gasteiger partial charge is 0.339 e. The van der Waals surface area contributed by atoms with Crippen LogP contribution in [-0.4, -0.2) is 45.1 Å². The third-order valence-corrected chi connectivity index (χ3v) is 9.58. The Balaban J connectivity index is 1.59. The van der Waals surface area contributed by atoms with Crippen LogP contribution >= 0.6 is 11.6 Å².